The maximum Gasteiger partial charge on any atom is 0.251 e. The van der Waals surface area contributed by atoms with Crippen molar-refractivity contribution in [2.45, 2.75) is 58.3 Å². The number of rotatable bonds is 11. The number of nitrogen functional groups attached to an aromatic ring is 1. The molecule has 1 unspecified atom stereocenters. The topological polar surface area (TPSA) is 145 Å². The van der Waals surface area contributed by atoms with E-state index in [1.54, 1.807) is 25.1 Å². The molecule has 4 rings (SSSR count). The van der Waals surface area contributed by atoms with Crippen LogP contribution in [-0.4, -0.2) is 38.5 Å². The van der Waals surface area contributed by atoms with Crippen molar-refractivity contribution in [3.8, 4) is 17.0 Å². The van der Waals surface area contributed by atoms with E-state index in [2.05, 4.69) is 5.32 Å². The summed E-state index contributed by atoms with van der Waals surface area (Å²) in [6.45, 7) is 5.53. The number of aromatic nitrogens is 2. The number of hydrogen-bond acceptors (Lipinski definition) is 6. The Hall–Kier alpha value is -4.37. The molecule has 9 heteroatoms. The second-order valence-electron chi connectivity index (χ2n) is 9.99. The maximum atomic E-state index is 13.0. The van der Waals surface area contributed by atoms with Crippen LogP contribution in [0.3, 0.4) is 0 Å². The highest BCUT2D eigenvalue weighted by atomic mass is 16.5. The number of ether oxygens (including phenoxy) is 1. The first-order valence-corrected chi connectivity index (χ1v) is 13.0. The van der Waals surface area contributed by atoms with Gasteiger partial charge in [-0.1, -0.05) is 30.3 Å². The monoisotopic (exact) mass is 529 g/mol. The van der Waals surface area contributed by atoms with E-state index in [1.165, 1.54) is 0 Å². The summed E-state index contributed by atoms with van der Waals surface area (Å²) in [5.41, 5.74) is 16.4. The van der Waals surface area contributed by atoms with Gasteiger partial charge in [-0.2, -0.15) is 0 Å². The molecule has 6 N–H and O–H groups in total. The summed E-state index contributed by atoms with van der Waals surface area (Å²) in [7, 11) is 0. The highest BCUT2D eigenvalue weighted by molar-refractivity contribution is 5.95. The van der Waals surface area contributed by atoms with E-state index in [-0.39, 0.29) is 24.5 Å². The smallest absolute Gasteiger partial charge is 0.251 e. The lowest BCUT2D eigenvalue weighted by Crippen LogP contribution is -2.37. The van der Waals surface area contributed by atoms with Gasteiger partial charge in [0.1, 0.15) is 11.4 Å². The SMILES string of the molecule is CC(C)Oc1ccc(C(=O)N[C@H](CCC(N)=O)Cc2ccc(-c3cn4cccc(C(C)O)c4n3)cc2)cc1N. The number of nitrogens with two attached hydrogens (primary N) is 2. The molecule has 0 spiro atoms. The number of aliphatic hydroxyl groups is 1. The Morgan fingerprint density at radius 3 is 2.49 bits per heavy atom. The predicted octanol–water partition coefficient (Wildman–Crippen LogP) is 4.03. The van der Waals surface area contributed by atoms with Crippen LogP contribution < -0.4 is 21.5 Å². The number of anilines is 1. The van der Waals surface area contributed by atoms with E-state index in [1.807, 2.05) is 67.0 Å². The quantitative estimate of drug-likeness (QED) is 0.216. The fourth-order valence-corrected chi connectivity index (χ4v) is 4.46. The second kappa shape index (κ2) is 12.0. The molecule has 4 aromatic rings. The number of aliphatic hydroxyl groups excluding tert-OH is 1. The zero-order valence-electron chi connectivity index (χ0n) is 22.4. The van der Waals surface area contributed by atoms with Crippen LogP contribution in [-0.2, 0) is 11.2 Å². The highest BCUT2D eigenvalue weighted by Crippen LogP contribution is 2.26. The van der Waals surface area contributed by atoms with Crippen molar-refractivity contribution < 1.29 is 19.4 Å². The zero-order valence-corrected chi connectivity index (χ0v) is 22.4. The molecule has 0 radical (unpaired) electrons. The lowest BCUT2D eigenvalue weighted by molar-refractivity contribution is -0.118. The summed E-state index contributed by atoms with van der Waals surface area (Å²) in [5.74, 6) is -0.186. The molecule has 204 valence electrons. The van der Waals surface area contributed by atoms with E-state index in [0.29, 0.717) is 35.5 Å². The maximum absolute atomic E-state index is 13.0. The number of carbonyl (C=O) groups excluding carboxylic acids is 2. The number of primary amides is 1. The number of imidazole rings is 1. The predicted molar refractivity (Wildman–Crippen MR) is 151 cm³/mol. The molecule has 0 saturated carbocycles. The second-order valence-corrected chi connectivity index (χ2v) is 9.99. The Morgan fingerprint density at radius 2 is 1.85 bits per heavy atom. The van der Waals surface area contributed by atoms with Gasteiger partial charge in [-0.15, -0.1) is 0 Å². The van der Waals surface area contributed by atoms with Gasteiger partial charge in [0.2, 0.25) is 5.91 Å². The third-order valence-corrected chi connectivity index (χ3v) is 6.40. The Kier molecular flexibility index (Phi) is 8.51. The van der Waals surface area contributed by atoms with Gasteiger partial charge in [-0.25, -0.2) is 4.98 Å². The third-order valence-electron chi connectivity index (χ3n) is 6.40. The number of pyridine rings is 1. The van der Waals surface area contributed by atoms with Crippen molar-refractivity contribution in [2.24, 2.45) is 5.73 Å². The van der Waals surface area contributed by atoms with Crippen LogP contribution >= 0.6 is 0 Å². The van der Waals surface area contributed by atoms with Crippen molar-refractivity contribution in [1.82, 2.24) is 14.7 Å². The Bertz CT molecular complexity index is 1460. The number of carbonyl (C=O) groups is 2. The molecule has 0 bridgehead atoms. The molecule has 2 aromatic carbocycles. The summed E-state index contributed by atoms with van der Waals surface area (Å²) >= 11 is 0. The van der Waals surface area contributed by atoms with Crippen LogP contribution in [0.25, 0.3) is 16.9 Å². The summed E-state index contributed by atoms with van der Waals surface area (Å²) in [5, 5.41) is 13.1. The number of nitrogens with zero attached hydrogens (tertiary/aromatic N) is 2. The molecule has 2 heterocycles. The van der Waals surface area contributed by atoms with Crippen LogP contribution in [0.5, 0.6) is 5.75 Å². The third kappa shape index (κ3) is 6.94. The lowest BCUT2D eigenvalue weighted by atomic mass is 9.99. The van der Waals surface area contributed by atoms with Gasteiger partial charge in [0, 0.05) is 41.5 Å². The number of fused-ring (bicyclic) bond motifs is 1. The van der Waals surface area contributed by atoms with Gasteiger partial charge in [-0.3, -0.25) is 9.59 Å². The van der Waals surface area contributed by atoms with Gasteiger partial charge in [0.05, 0.1) is 23.6 Å². The Morgan fingerprint density at radius 1 is 1.10 bits per heavy atom. The van der Waals surface area contributed by atoms with Gasteiger partial charge in [0.25, 0.3) is 5.91 Å². The largest absolute Gasteiger partial charge is 0.489 e. The highest BCUT2D eigenvalue weighted by Gasteiger charge is 2.18. The molecule has 0 saturated heterocycles. The van der Waals surface area contributed by atoms with Crippen molar-refractivity contribution in [1.29, 1.82) is 0 Å². The summed E-state index contributed by atoms with van der Waals surface area (Å²) in [6.07, 6.45) is 4.24. The number of nitrogens with one attached hydrogen (secondary N) is 1. The molecule has 0 aliphatic rings. The molecule has 39 heavy (non-hydrogen) atoms. The standard InChI is InChI=1S/C30H35N5O4/c1-18(2)39-27-12-10-22(16-25(27)31)30(38)33-23(11-13-28(32)37)15-20-6-8-21(9-7-20)26-17-35-14-4-5-24(19(3)36)29(35)34-26/h4-10,12,14,16-19,23,36H,11,13,15,31H2,1-3H3,(H2,32,37)(H,33,38)/t19?,23-/m1/s1. The van der Waals surface area contributed by atoms with E-state index in [0.717, 1.165) is 22.4 Å². The Balaban J connectivity index is 1.49. The fraction of sp³-hybridized carbons (Fsp3) is 0.300. The summed E-state index contributed by atoms with van der Waals surface area (Å²) in [6, 6.07) is 16.3. The molecule has 2 atom stereocenters. The van der Waals surface area contributed by atoms with E-state index < -0.39 is 12.0 Å². The van der Waals surface area contributed by atoms with Crippen molar-refractivity contribution in [3.63, 3.8) is 0 Å². The zero-order chi connectivity index (χ0) is 28.1. The molecule has 9 nitrogen and oxygen atoms in total. The van der Waals surface area contributed by atoms with Crippen molar-refractivity contribution in [3.05, 3.63) is 83.7 Å². The van der Waals surface area contributed by atoms with Gasteiger partial charge >= 0.3 is 0 Å². The minimum Gasteiger partial charge on any atom is -0.489 e. The molecule has 2 aromatic heterocycles. The average Bonchev–Trinajstić information content (AvgIpc) is 3.33. The molecule has 0 aliphatic heterocycles. The lowest BCUT2D eigenvalue weighted by Gasteiger charge is -2.19. The molecule has 0 fully saturated rings. The first-order chi connectivity index (χ1) is 18.6. The van der Waals surface area contributed by atoms with E-state index in [9.17, 15) is 14.7 Å². The fourth-order valence-electron chi connectivity index (χ4n) is 4.46. The first-order valence-electron chi connectivity index (χ1n) is 13.0. The molecular formula is C30H35N5O4. The minimum atomic E-state index is -0.623. The first kappa shape index (κ1) is 27.7. The van der Waals surface area contributed by atoms with E-state index in [4.69, 9.17) is 21.2 Å². The normalized spacial score (nSPS) is 12.8. The number of hydrogen-bond donors (Lipinski definition) is 4. The minimum absolute atomic E-state index is 0.0361. The van der Waals surface area contributed by atoms with Crippen LogP contribution in [0, 0.1) is 0 Å². The Labute approximate surface area is 227 Å². The van der Waals surface area contributed by atoms with Crippen LogP contribution in [0.15, 0.2) is 67.0 Å². The average molecular weight is 530 g/mol. The van der Waals surface area contributed by atoms with Gasteiger partial charge < -0.3 is 31.0 Å². The molecule has 0 aliphatic carbocycles. The van der Waals surface area contributed by atoms with Crippen molar-refractivity contribution in [2.75, 3.05) is 5.73 Å². The number of benzene rings is 2. The number of amides is 2. The van der Waals surface area contributed by atoms with Gasteiger partial charge in [-0.05, 0) is 63.4 Å². The summed E-state index contributed by atoms with van der Waals surface area (Å²) in [4.78, 5) is 29.2. The van der Waals surface area contributed by atoms with Crippen LogP contribution in [0.2, 0.25) is 0 Å². The van der Waals surface area contributed by atoms with Crippen LogP contribution in [0.4, 0.5) is 5.69 Å². The van der Waals surface area contributed by atoms with E-state index >= 15 is 0 Å². The van der Waals surface area contributed by atoms with Crippen molar-refractivity contribution >= 4 is 23.1 Å². The molecule has 2 amide bonds. The van der Waals surface area contributed by atoms with Crippen LogP contribution in [0.1, 0.15) is 61.2 Å². The summed E-state index contributed by atoms with van der Waals surface area (Å²) < 4.78 is 7.55. The van der Waals surface area contributed by atoms with Gasteiger partial charge in [0.15, 0.2) is 0 Å². The molecular weight excluding hydrogens is 494 g/mol.